The molecule has 0 aliphatic carbocycles. The van der Waals surface area contributed by atoms with E-state index in [4.69, 9.17) is 48.4 Å². The van der Waals surface area contributed by atoms with Gasteiger partial charge in [0.05, 0.1) is 49.4 Å². The van der Waals surface area contributed by atoms with Gasteiger partial charge >= 0.3 is 103 Å². The first kappa shape index (κ1) is 69.8. The summed E-state index contributed by atoms with van der Waals surface area (Å²) in [6, 6.07) is 13.0. The summed E-state index contributed by atoms with van der Waals surface area (Å²) in [4.78, 5) is 0.312. The Balaban J connectivity index is -0.000000769. The number of aryl methyl sites for hydroxylation is 2. The van der Waals surface area contributed by atoms with Gasteiger partial charge in [0.1, 0.15) is 0 Å². The number of aliphatic hydroxyl groups excluding tert-OH is 1. The predicted octanol–water partition coefficient (Wildman–Crippen LogP) is 1.94. The molecule has 0 spiro atoms. The molecule has 0 unspecified atom stereocenters. The first-order valence-corrected chi connectivity index (χ1v) is 24.4. The summed E-state index contributed by atoms with van der Waals surface area (Å²) in [5.74, 6) is -1.52. The molecule has 362 valence electrons. The SMILES string of the molecule is CC(C)(C)[O-].CCC1(CO)COC(C)(C)OC1.CCC1(COS(=O)(=O)c2ccc(C)cc2)COC(C)(C)OC1.Cc1ccc(S(=O)(=O)Cl)cc1.[CH2-]C1(CC)COC(C)(C)OC1.[K+].[K+].[OH-]. The van der Waals surface area contributed by atoms with Gasteiger partial charge in [-0.25, -0.2) is 8.42 Å². The van der Waals surface area contributed by atoms with E-state index in [0.717, 1.165) is 24.0 Å². The molecule has 5 rings (SSSR count). The molecule has 0 atom stereocenters. The van der Waals surface area contributed by atoms with Crippen LogP contribution in [0.1, 0.15) is 113 Å². The fourth-order valence-corrected chi connectivity index (χ4v) is 6.67. The Morgan fingerprint density at radius 3 is 1.22 bits per heavy atom. The van der Waals surface area contributed by atoms with Crippen molar-refractivity contribution in [3.05, 3.63) is 66.6 Å². The van der Waals surface area contributed by atoms with Crippen LogP contribution in [0.15, 0.2) is 58.3 Å². The van der Waals surface area contributed by atoms with Crippen LogP contribution in [0.2, 0.25) is 0 Å². The largest absolute Gasteiger partial charge is 1.00 e. The van der Waals surface area contributed by atoms with Crippen LogP contribution in [0.25, 0.3) is 0 Å². The standard InChI is InChI=1S/C16H24O5S.C9H18O3.C9H17O2.C7H7ClO2S.C4H9O.2K.H2O/c1-5-16(10-19-15(3,4)20-11-16)12-21-22(17,18)14-8-6-13(2)7-9-14;1-4-9(5-10)6-11-8(2,3)12-7-9;1-5-9(4)6-10-8(2,3)11-7-9;1-6-2-4-7(5-3-6)11(8,9)10;1-4(2,3)5;;;/h6-9H,5,10-12H2,1-4H3;10H,4-7H2,1-3H3;4-7H2,1-3H3;2-5H,1H3;1-3H3;;;1H2/q;;-1;;-1;2*+1;/p-1. The van der Waals surface area contributed by atoms with Crippen LogP contribution in [0.4, 0.5) is 0 Å². The molecule has 0 aromatic heterocycles. The Morgan fingerprint density at radius 2 is 0.938 bits per heavy atom. The molecular weight excluding hydrogens is 942 g/mol. The van der Waals surface area contributed by atoms with Gasteiger partial charge in [0.25, 0.3) is 19.2 Å². The maximum atomic E-state index is 12.3. The van der Waals surface area contributed by atoms with Gasteiger partial charge in [-0.05, 0) is 92.5 Å². The van der Waals surface area contributed by atoms with E-state index in [1.165, 1.54) is 12.1 Å². The predicted molar refractivity (Wildman–Crippen MR) is 239 cm³/mol. The van der Waals surface area contributed by atoms with E-state index >= 15 is 0 Å². The second-order valence-corrected chi connectivity index (χ2v) is 22.7. The Hall–Kier alpha value is 1.50. The monoisotopic (exact) mass is 1020 g/mol. The van der Waals surface area contributed by atoms with Crippen LogP contribution in [0, 0.1) is 37.0 Å². The third-order valence-electron chi connectivity index (χ3n) is 10.1. The van der Waals surface area contributed by atoms with Crippen molar-refractivity contribution in [3.63, 3.8) is 0 Å². The molecule has 0 bridgehead atoms. The number of ether oxygens (including phenoxy) is 6. The summed E-state index contributed by atoms with van der Waals surface area (Å²) in [5, 5.41) is 19.3. The molecule has 3 aliphatic rings. The van der Waals surface area contributed by atoms with Crippen LogP contribution in [-0.2, 0) is 51.8 Å². The van der Waals surface area contributed by atoms with Crippen molar-refractivity contribution in [2.75, 3.05) is 52.9 Å². The maximum absolute atomic E-state index is 12.3. The number of hydrogen-bond acceptors (Lipinski definition) is 14. The zero-order valence-corrected chi connectivity index (χ0v) is 50.2. The van der Waals surface area contributed by atoms with Crippen molar-refractivity contribution in [2.24, 2.45) is 16.2 Å². The smallest absolute Gasteiger partial charge is 0.870 e. The summed E-state index contributed by atoms with van der Waals surface area (Å²) >= 11 is 0. The normalized spacial score (nSPS) is 20.0. The van der Waals surface area contributed by atoms with Crippen LogP contribution < -0.4 is 108 Å². The Labute approximate surface area is 476 Å². The Bertz CT molecular complexity index is 1780. The van der Waals surface area contributed by atoms with Crippen LogP contribution in [0.5, 0.6) is 0 Å². The molecular formula is C45H76ClK2O14S2-. The average molecular weight is 1020 g/mol. The second-order valence-electron chi connectivity index (χ2n) is 18.5. The summed E-state index contributed by atoms with van der Waals surface area (Å²) < 4.78 is 84.5. The topological polar surface area (TPSA) is 206 Å². The molecule has 0 saturated carbocycles. The van der Waals surface area contributed by atoms with E-state index in [9.17, 15) is 21.9 Å². The van der Waals surface area contributed by atoms with Crippen molar-refractivity contribution in [3.8, 4) is 0 Å². The number of hydrogen-bond donors (Lipinski definition) is 1. The summed E-state index contributed by atoms with van der Waals surface area (Å²) in [6.07, 6.45) is 2.61. The minimum Gasteiger partial charge on any atom is -0.870 e. The molecule has 19 heteroatoms. The molecule has 64 heavy (non-hydrogen) atoms. The number of halogens is 1. The molecule has 14 nitrogen and oxygen atoms in total. The van der Waals surface area contributed by atoms with E-state index in [2.05, 4.69) is 13.8 Å². The quantitative estimate of drug-likeness (QED) is 0.165. The molecule has 0 amide bonds. The van der Waals surface area contributed by atoms with Crippen molar-refractivity contribution < 1.29 is 168 Å². The molecule has 3 fully saturated rings. The fraction of sp³-hybridized carbons (Fsp3) is 0.711. The molecule has 2 aromatic rings. The molecule has 3 aliphatic heterocycles. The number of aliphatic hydroxyl groups is 1. The third-order valence-corrected chi connectivity index (χ3v) is 12.7. The zero-order chi connectivity index (χ0) is 47.2. The number of benzene rings is 2. The van der Waals surface area contributed by atoms with Gasteiger partial charge in [0, 0.05) is 34.7 Å². The van der Waals surface area contributed by atoms with Crippen LogP contribution in [0.3, 0.4) is 0 Å². The molecule has 2 aromatic carbocycles. The molecule has 3 heterocycles. The first-order valence-electron chi connectivity index (χ1n) is 20.7. The summed E-state index contributed by atoms with van der Waals surface area (Å²) in [7, 11) is -2.23. The van der Waals surface area contributed by atoms with E-state index in [-0.39, 0.29) is 142 Å². The third kappa shape index (κ3) is 27.8. The van der Waals surface area contributed by atoms with Gasteiger partial charge in [0.15, 0.2) is 17.4 Å². The van der Waals surface area contributed by atoms with Gasteiger partial charge in [-0.1, -0.05) is 83.4 Å². The van der Waals surface area contributed by atoms with Gasteiger partial charge in [-0.2, -0.15) is 8.42 Å². The van der Waals surface area contributed by atoms with E-state index in [1.54, 1.807) is 57.2 Å². The summed E-state index contributed by atoms with van der Waals surface area (Å²) in [6.45, 7) is 33.8. The summed E-state index contributed by atoms with van der Waals surface area (Å²) in [5.41, 5.74) is 0.632. The first-order chi connectivity index (χ1) is 27.7. The Morgan fingerprint density at radius 1 is 0.641 bits per heavy atom. The molecule has 2 N–H and O–H groups in total. The van der Waals surface area contributed by atoms with Crippen LogP contribution in [-0.4, -0.2) is 103 Å². The van der Waals surface area contributed by atoms with Crippen molar-refractivity contribution in [1.82, 2.24) is 0 Å². The van der Waals surface area contributed by atoms with Gasteiger partial charge < -0.3 is 51.0 Å². The van der Waals surface area contributed by atoms with Gasteiger partial charge in [-0.15, -0.1) is 11.0 Å². The van der Waals surface area contributed by atoms with Gasteiger partial charge in [-0.3, -0.25) is 4.18 Å². The van der Waals surface area contributed by atoms with Crippen molar-refractivity contribution >= 4 is 29.9 Å². The Kier molecular flexibility index (Phi) is 32.4. The minimum atomic E-state index is -3.76. The molecule has 3 saturated heterocycles. The van der Waals surface area contributed by atoms with E-state index in [1.807, 2.05) is 69.2 Å². The van der Waals surface area contributed by atoms with E-state index in [0.29, 0.717) is 46.1 Å². The van der Waals surface area contributed by atoms with Crippen molar-refractivity contribution in [1.29, 1.82) is 0 Å². The molecule has 0 radical (unpaired) electrons. The van der Waals surface area contributed by atoms with Crippen molar-refractivity contribution in [2.45, 2.75) is 149 Å². The maximum Gasteiger partial charge on any atom is 1.00 e. The average Bonchev–Trinajstić information content (AvgIpc) is 3.17. The minimum absolute atomic E-state index is 0. The zero-order valence-electron chi connectivity index (χ0n) is 41.6. The van der Waals surface area contributed by atoms with Gasteiger partial charge in [0.2, 0.25) is 0 Å². The van der Waals surface area contributed by atoms with E-state index < -0.39 is 47.5 Å². The van der Waals surface area contributed by atoms with Crippen LogP contribution >= 0.6 is 10.7 Å². The second kappa shape index (κ2) is 29.8. The fourth-order valence-electron chi connectivity index (χ4n) is 4.89. The number of rotatable bonds is 9.